The molecule has 164 valence electrons. The molecule has 0 aliphatic heterocycles. The maximum absolute atomic E-state index is 13.0. The van der Waals surface area contributed by atoms with Gasteiger partial charge < -0.3 is 14.1 Å². The van der Waals surface area contributed by atoms with E-state index in [1.54, 1.807) is 32.4 Å². The minimum absolute atomic E-state index is 0.0170. The summed E-state index contributed by atoms with van der Waals surface area (Å²) in [6.07, 6.45) is 1.64. The highest BCUT2D eigenvalue weighted by Crippen LogP contribution is 2.37. The van der Waals surface area contributed by atoms with Gasteiger partial charge in [-0.25, -0.2) is 0 Å². The number of benzene rings is 2. The second-order valence-electron chi connectivity index (χ2n) is 7.34. The van der Waals surface area contributed by atoms with Gasteiger partial charge >= 0.3 is 0 Å². The summed E-state index contributed by atoms with van der Waals surface area (Å²) in [6.45, 7) is 0.437. The van der Waals surface area contributed by atoms with Crippen LogP contribution in [-0.4, -0.2) is 46.8 Å². The smallest absolute Gasteiger partial charge is 0.240 e. The van der Waals surface area contributed by atoms with Crippen molar-refractivity contribution < 1.29 is 13.9 Å². The van der Waals surface area contributed by atoms with Crippen LogP contribution in [0.15, 0.2) is 82.6 Å². The van der Waals surface area contributed by atoms with E-state index in [1.807, 2.05) is 71.3 Å². The molecule has 0 radical (unpaired) electrons. The normalized spacial score (nSPS) is 11.8. The Hall–Kier alpha value is -3.52. The number of nitrogens with zero attached hydrogens (tertiary/aromatic N) is 4. The van der Waals surface area contributed by atoms with Crippen LogP contribution in [0.25, 0.3) is 11.4 Å². The fourth-order valence-corrected chi connectivity index (χ4v) is 4.46. The van der Waals surface area contributed by atoms with E-state index in [4.69, 9.17) is 9.15 Å². The van der Waals surface area contributed by atoms with Gasteiger partial charge in [0.1, 0.15) is 16.8 Å². The van der Waals surface area contributed by atoms with E-state index >= 15 is 0 Å². The van der Waals surface area contributed by atoms with E-state index in [1.165, 1.54) is 11.8 Å². The third-order valence-corrected chi connectivity index (χ3v) is 6.15. The van der Waals surface area contributed by atoms with Crippen LogP contribution in [-0.2, 0) is 11.3 Å². The van der Waals surface area contributed by atoms with Crippen molar-refractivity contribution in [1.29, 1.82) is 0 Å². The molecule has 0 bridgehead atoms. The SMILES string of the molecule is COc1cccc(-c2nnc(S[C@H](C(=O)N(C)C)c3ccccc3)n2Cc2ccco2)c1. The molecule has 0 spiro atoms. The Morgan fingerprint density at radius 2 is 1.91 bits per heavy atom. The van der Waals surface area contributed by atoms with Gasteiger partial charge in [-0.05, 0) is 29.8 Å². The van der Waals surface area contributed by atoms with Crippen LogP contribution in [0.1, 0.15) is 16.6 Å². The van der Waals surface area contributed by atoms with Gasteiger partial charge in [0, 0.05) is 19.7 Å². The largest absolute Gasteiger partial charge is 0.497 e. The topological polar surface area (TPSA) is 73.4 Å². The number of furan rings is 1. The fourth-order valence-electron chi connectivity index (χ4n) is 3.28. The number of ether oxygens (including phenoxy) is 1. The molecule has 2 aromatic heterocycles. The lowest BCUT2D eigenvalue weighted by molar-refractivity contribution is -0.128. The maximum Gasteiger partial charge on any atom is 0.240 e. The van der Waals surface area contributed by atoms with Crippen LogP contribution in [0.3, 0.4) is 0 Å². The summed E-state index contributed by atoms with van der Waals surface area (Å²) in [7, 11) is 5.15. The van der Waals surface area contributed by atoms with Gasteiger partial charge in [0.05, 0.1) is 19.9 Å². The van der Waals surface area contributed by atoms with Gasteiger partial charge in [-0.1, -0.05) is 54.2 Å². The Morgan fingerprint density at radius 3 is 2.59 bits per heavy atom. The average Bonchev–Trinajstić information content (AvgIpc) is 3.48. The van der Waals surface area contributed by atoms with Crippen LogP contribution in [0.5, 0.6) is 5.75 Å². The van der Waals surface area contributed by atoms with Gasteiger partial charge in [0.2, 0.25) is 5.91 Å². The highest BCUT2D eigenvalue weighted by atomic mass is 32.2. The first kappa shape index (κ1) is 21.7. The first-order chi connectivity index (χ1) is 15.6. The van der Waals surface area contributed by atoms with E-state index < -0.39 is 5.25 Å². The third-order valence-electron chi connectivity index (χ3n) is 4.93. The third kappa shape index (κ3) is 4.70. The number of carbonyl (C=O) groups is 1. The highest BCUT2D eigenvalue weighted by Gasteiger charge is 2.27. The molecule has 4 rings (SSSR count). The summed E-state index contributed by atoms with van der Waals surface area (Å²) in [5, 5.41) is 9.09. The number of methoxy groups -OCH3 is 1. The summed E-state index contributed by atoms with van der Waals surface area (Å²) >= 11 is 1.38. The van der Waals surface area contributed by atoms with Crippen molar-refractivity contribution >= 4 is 17.7 Å². The number of likely N-dealkylation sites (N-methyl/N-ethyl adjacent to an activating group) is 1. The molecule has 4 aromatic rings. The van der Waals surface area contributed by atoms with Crippen LogP contribution in [0.2, 0.25) is 0 Å². The zero-order chi connectivity index (χ0) is 22.5. The van der Waals surface area contributed by atoms with Crippen molar-refractivity contribution in [3.63, 3.8) is 0 Å². The first-order valence-corrected chi connectivity index (χ1v) is 11.0. The molecule has 1 atom stereocenters. The summed E-state index contributed by atoms with van der Waals surface area (Å²) in [5.41, 5.74) is 1.78. The van der Waals surface area contributed by atoms with E-state index in [9.17, 15) is 4.79 Å². The van der Waals surface area contributed by atoms with Crippen LogP contribution in [0, 0.1) is 0 Å². The van der Waals surface area contributed by atoms with Crippen LogP contribution >= 0.6 is 11.8 Å². The monoisotopic (exact) mass is 448 g/mol. The molecule has 2 aromatic carbocycles. The van der Waals surface area contributed by atoms with Crippen molar-refractivity contribution in [3.8, 4) is 17.1 Å². The average molecular weight is 449 g/mol. The lowest BCUT2D eigenvalue weighted by atomic mass is 10.1. The molecule has 0 N–H and O–H groups in total. The van der Waals surface area contributed by atoms with Gasteiger partial charge in [-0.2, -0.15) is 0 Å². The first-order valence-electron chi connectivity index (χ1n) is 10.1. The zero-order valence-electron chi connectivity index (χ0n) is 18.1. The second kappa shape index (κ2) is 9.74. The zero-order valence-corrected chi connectivity index (χ0v) is 19.0. The van der Waals surface area contributed by atoms with Gasteiger partial charge in [0.15, 0.2) is 11.0 Å². The highest BCUT2D eigenvalue weighted by molar-refractivity contribution is 8.00. The maximum atomic E-state index is 13.0. The van der Waals surface area contributed by atoms with Crippen molar-refractivity contribution in [2.75, 3.05) is 21.2 Å². The summed E-state index contributed by atoms with van der Waals surface area (Å²) in [4.78, 5) is 14.6. The molecule has 0 fully saturated rings. The lowest BCUT2D eigenvalue weighted by Crippen LogP contribution is -2.27. The lowest BCUT2D eigenvalue weighted by Gasteiger charge is -2.20. The summed E-state index contributed by atoms with van der Waals surface area (Å²) in [5.74, 6) is 2.16. The van der Waals surface area contributed by atoms with Gasteiger partial charge in [-0.15, -0.1) is 10.2 Å². The van der Waals surface area contributed by atoms with Crippen LogP contribution in [0.4, 0.5) is 0 Å². The molecular weight excluding hydrogens is 424 g/mol. The quantitative estimate of drug-likeness (QED) is 0.369. The molecule has 1 amide bonds. The molecule has 2 heterocycles. The van der Waals surface area contributed by atoms with Crippen LogP contribution < -0.4 is 4.74 Å². The van der Waals surface area contributed by atoms with E-state index in [2.05, 4.69) is 10.2 Å². The van der Waals surface area contributed by atoms with E-state index in [0.29, 0.717) is 17.5 Å². The standard InChI is InChI=1S/C24H24N4O3S/c1-27(2)23(29)21(17-9-5-4-6-10-17)32-24-26-25-22(18-11-7-12-19(15-18)30-3)28(24)16-20-13-8-14-31-20/h4-15,21H,16H2,1-3H3/t21-/m0/s1. The second-order valence-corrected chi connectivity index (χ2v) is 8.42. The van der Waals surface area contributed by atoms with Crippen molar-refractivity contribution in [3.05, 3.63) is 84.3 Å². The molecule has 32 heavy (non-hydrogen) atoms. The van der Waals surface area contributed by atoms with Crippen molar-refractivity contribution in [2.45, 2.75) is 17.0 Å². The Balaban J connectivity index is 1.77. The summed E-state index contributed by atoms with van der Waals surface area (Å²) < 4.78 is 12.9. The Bertz CT molecular complexity index is 1170. The molecule has 0 unspecified atom stereocenters. The van der Waals surface area contributed by atoms with E-state index in [0.717, 1.165) is 22.6 Å². The Morgan fingerprint density at radius 1 is 1.09 bits per heavy atom. The Labute approximate surface area is 191 Å². The molecule has 0 saturated carbocycles. The van der Waals surface area contributed by atoms with Crippen molar-refractivity contribution in [1.82, 2.24) is 19.7 Å². The summed E-state index contributed by atoms with van der Waals surface area (Å²) in [6, 6.07) is 21.1. The molecule has 7 nitrogen and oxygen atoms in total. The number of aromatic nitrogens is 3. The molecule has 0 aliphatic carbocycles. The number of carbonyl (C=O) groups excluding carboxylic acids is 1. The molecular formula is C24H24N4O3S. The number of hydrogen-bond acceptors (Lipinski definition) is 6. The van der Waals surface area contributed by atoms with Crippen molar-refractivity contribution in [2.24, 2.45) is 0 Å². The Kier molecular flexibility index (Phi) is 6.61. The minimum Gasteiger partial charge on any atom is -0.497 e. The predicted octanol–water partition coefficient (Wildman–Crippen LogP) is 4.52. The van der Waals surface area contributed by atoms with E-state index in [-0.39, 0.29) is 5.91 Å². The number of thioether (sulfide) groups is 1. The molecule has 0 saturated heterocycles. The number of amides is 1. The number of rotatable bonds is 8. The molecule has 8 heteroatoms. The minimum atomic E-state index is -0.455. The fraction of sp³-hybridized carbons (Fsp3) is 0.208. The van der Waals surface area contributed by atoms with Gasteiger partial charge in [-0.3, -0.25) is 9.36 Å². The molecule has 0 aliphatic rings. The predicted molar refractivity (Wildman–Crippen MR) is 124 cm³/mol. The van der Waals surface area contributed by atoms with Gasteiger partial charge in [0.25, 0.3) is 0 Å². The number of hydrogen-bond donors (Lipinski definition) is 0.